The lowest BCUT2D eigenvalue weighted by Gasteiger charge is -2.15. The molecule has 0 aliphatic heterocycles. The molecule has 1 aromatic heterocycles. The molecule has 0 bridgehead atoms. The summed E-state index contributed by atoms with van der Waals surface area (Å²) in [6, 6.07) is 17.9. The van der Waals surface area contributed by atoms with E-state index in [0.717, 1.165) is 28.3 Å². The van der Waals surface area contributed by atoms with Crippen molar-refractivity contribution in [3.63, 3.8) is 0 Å². The fourth-order valence-electron chi connectivity index (χ4n) is 2.93. The van der Waals surface area contributed by atoms with Gasteiger partial charge in [0.15, 0.2) is 0 Å². The smallest absolute Gasteiger partial charge is 0.226 e. The Morgan fingerprint density at radius 1 is 1.15 bits per heavy atom. The number of hydrogen-bond acceptors (Lipinski definition) is 3. The van der Waals surface area contributed by atoms with Crippen LogP contribution in [0, 0.1) is 13.8 Å². The van der Waals surface area contributed by atoms with E-state index in [1.54, 1.807) is 0 Å². The molecule has 1 amide bonds. The lowest BCUT2D eigenvalue weighted by atomic mass is 10.1. The number of hydrogen-bond donors (Lipinski definition) is 2. The van der Waals surface area contributed by atoms with E-state index in [1.165, 1.54) is 5.56 Å². The van der Waals surface area contributed by atoms with Crippen molar-refractivity contribution in [2.45, 2.75) is 39.8 Å². The van der Waals surface area contributed by atoms with Crippen LogP contribution in [0.4, 0.5) is 0 Å². The molecule has 0 spiro atoms. The summed E-state index contributed by atoms with van der Waals surface area (Å²) < 4.78 is 5.85. The molecule has 0 saturated carbocycles. The number of carbonyl (C=O) groups is 1. The van der Waals surface area contributed by atoms with Crippen LogP contribution in [0.2, 0.25) is 0 Å². The summed E-state index contributed by atoms with van der Waals surface area (Å²) >= 11 is 0. The molecule has 5 heteroatoms. The van der Waals surface area contributed by atoms with Gasteiger partial charge in [0.1, 0.15) is 12.4 Å². The Kier molecular flexibility index (Phi) is 5.91. The van der Waals surface area contributed by atoms with E-state index in [1.807, 2.05) is 50.2 Å². The maximum Gasteiger partial charge on any atom is 0.226 e. The highest BCUT2D eigenvalue weighted by Crippen LogP contribution is 2.19. The molecule has 1 atom stereocenters. The number of amides is 1. The first-order chi connectivity index (χ1) is 13.0. The Hall–Kier alpha value is -3.08. The number of benzene rings is 2. The van der Waals surface area contributed by atoms with Crippen LogP contribution >= 0.6 is 0 Å². The van der Waals surface area contributed by atoms with Crippen molar-refractivity contribution in [2.75, 3.05) is 0 Å². The van der Waals surface area contributed by atoms with Crippen molar-refractivity contribution in [3.8, 4) is 5.75 Å². The van der Waals surface area contributed by atoms with Gasteiger partial charge in [0.25, 0.3) is 0 Å². The average Bonchev–Trinajstić information content (AvgIpc) is 3.05. The molecule has 140 valence electrons. The highest BCUT2D eigenvalue weighted by molar-refractivity contribution is 5.78. The van der Waals surface area contributed by atoms with Crippen LogP contribution < -0.4 is 10.1 Å². The topological polar surface area (TPSA) is 67.0 Å². The zero-order valence-corrected chi connectivity index (χ0v) is 16.0. The summed E-state index contributed by atoms with van der Waals surface area (Å²) in [4.78, 5) is 12.2. The number of nitrogens with one attached hydrogen (secondary N) is 2. The van der Waals surface area contributed by atoms with Crippen LogP contribution in [0.25, 0.3) is 0 Å². The van der Waals surface area contributed by atoms with Gasteiger partial charge in [-0.15, -0.1) is 0 Å². The molecular formula is C22H25N3O2. The molecule has 5 nitrogen and oxygen atoms in total. The van der Waals surface area contributed by atoms with E-state index in [0.29, 0.717) is 6.61 Å². The van der Waals surface area contributed by atoms with Crippen molar-refractivity contribution < 1.29 is 9.53 Å². The Balaban J connectivity index is 1.52. The second-order valence-electron chi connectivity index (χ2n) is 6.86. The summed E-state index contributed by atoms with van der Waals surface area (Å²) in [5.41, 5.74) is 5.10. The quantitative estimate of drug-likeness (QED) is 0.666. The van der Waals surface area contributed by atoms with Gasteiger partial charge < -0.3 is 10.1 Å². The highest BCUT2D eigenvalue weighted by Gasteiger charge is 2.11. The summed E-state index contributed by atoms with van der Waals surface area (Å²) in [5.74, 6) is 0.763. The zero-order chi connectivity index (χ0) is 19.2. The Morgan fingerprint density at radius 3 is 2.59 bits per heavy atom. The zero-order valence-electron chi connectivity index (χ0n) is 16.0. The van der Waals surface area contributed by atoms with Gasteiger partial charge in [0.05, 0.1) is 18.2 Å². The minimum Gasteiger partial charge on any atom is -0.489 e. The van der Waals surface area contributed by atoms with Gasteiger partial charge in [-0.25, -0.2) is 0 Å². The normalized spacial score (nSPS) is 11.8. The first-order valence-electron chi connectivity index (χ1n) is 9.08. The number of nitrogens with zero attached hydrogens (tertiary/aromatic N) is 1. The van der Waals surface area contributed by atoms with Gasteiger partial charge >= 0.3 is 0 Å². The van der Waals surface area contributed by atoms with Crippen molar-refractivity contribution in [1.82, 2.24) is 15.5 Å². The molecule has 27 heavy (non-hydrogen) atoms. The van der Waals surface area contributed by atoms with Crippen molar-refractivity contribution in [1.29, 1.82) is 0 Å². The molecule has 3 rings (SSSR count). The van der Waals surface area contributed by atoms with E-state index >= 15 is 0 Å². The Bertz CT molecular complexity index is 900. The molecular weight excluding hydrogens is 338 g/mol. The molecule has 0 aliphatic rings. The van der Waals surface area contributed by atoms with Gasteiger partial charge in [-0.2, -0.15) is 5.10 Å². The SMILES string of the molecule is Cc1cccc(COc2ccc(C(C)NC(=O)Cc3cc(C)[nH]n3)cc2)c1. The monoisotopic (exact) mass is 363 g/mol. The summed E-state index contributed by atoms with van der Waals surface area (Å²) in [6.07, 6.45) is 0.270. The van der Waals surface area contributed by atoms with Crippen LogP contribution in [-0.4, -0.2) is 16.1 Å². The van der Waals surface area contributed by atoms with Crippen LogP contribution in [-0.2, 0) is 17.8 Å². The molecule has 0 fully saturated rings. The highest BCUT2D eigenvalue weighted by atomic mass is 16.5. The summed E-state index contributed by atoms with van der Waals surface area (Å²) in [6.45, 7) is 6.49. The van der Waals surface area contributed by atoms with Gasteiger partial charge in [0.2, 0.25) is 5.91 Å². The molecule has 0 radical (unpaired) electrons. The van der Waals surface area contributed by atoms with Crippen molar-refractivity contribution >= 4 is 5.91 Å². The van der Waals surface area contributed by atoms with Crippen LogP contribution in [0.5, 0.6) is 5.75 Å². The molecule has 1 heterocycles. The van der Waals surface area contributed by atoms with E-state index in [9.17, 15) is 4.79 Å². The Morgan fingerprint density at radius 2 is 1.93 bits per heavy atom. The molecule has 2 aromatic carbocycles. The third kappa shape index (κ3) is 5.45. The fourth-order valence-corrected chi connectivity index (χ4v) is 2.93. The molecule has 1 unspecified atom stereocenters. The van der Waals surface area contributed by atoms with Crippen molar-refractivity contribution in [2.24, 2.45) is 0 Å². The molecule has 0 aliphatic carbocycles. The van der Waals surface area contributed by atoms with E-state index in [4.69, 9.17) is 4.74 Å². The van der Waals surface area contributed by atoms with Crippen LogP contribution in [0.1, 0.15) is 41.0 Å². The second-order valence-corrected chi connectivity index (χ2v) is 6.86. The van der Waals surface area contributed by atoms with Gasteiger partial charge in [-0.3, -0.25) is 9.89 Å². The number of ether oxygens (including phenoxy) is 1. The number of carbonyl (C=O) groups excluding carboxylic acids is 1. The summed E-state index contributed by atoms with van der Waals surface area (Å²) in [7, 11) is 0. The summed E-state index contributed by atoms with van der Waals surface area (Å²) in [5, 5.41) is 9.95. The Labute approximate surface area is 159 Å². The minimum atomic E-state index is -0.0802. The fraction of sp³-hybridized carbons (Fsp3) is 0.273. The predicted octanol–water partition coefficient (Wildman–Crippen LogP) is 4.03. The lowest BCUT2D eigenvalue weighted by Crippen LogP contribution is -2.28. The number of aromatic amines is 1. The van der Waals surface area contributed by atoms with Crippen LogP contribution in [0.3, 0.4) is 0 Å². The first-order valence-corrected chi connectivity index (χ1v) is 9.08. The average molecular weight is 363 g/mol. The molecule has 0 saturated heterocycles. The second kappa shape index (κ2) is 8.54. The van der Waals surface area contributed by atoms with Crippen molar-refractivity contribution in [3.05, 3.63) is 82.7 Å². The largest absolute Gasteiger partial charge is 0.489 e. The van der Waals surface area contributed by atoms with Gasteiger partial charge in [-0.05, 0) is 50.1 Å². The molecule has 2 N–H and O–H groups in total. The number of rotatable bonds is 7. The van der Waals surface area contributed by atoms with Gasteiger partial charge in [-0.1, -0.05) is 42.0 Å². The molecule has 3 aromatic rings. The van der Waals surface area contributed by atoms with Crippen LogP contribution in [0.15, 0.2) is 54.6 Å². The standard InChI is InChI=1S/C22H25N3O2/c1-15-5-4-6-18(11-15)14-27-21-9-7-19(8-10-21)17(3)23-22(26)13-20-12-16(2)24-25-20/h4-12,17H,13-14H2,1-3H3,(H,23,26)(H,24,25). The minimum absolute atomic E-state index is 0.0474. The number of aromatic nitrogens is 2. The van der Waals surface area contributed by atoms with Gasteiger partial charge in [0, 0.05) is 5.69 Å². The maximum absolute atomic E-state index is 12.2. The third-order valence-electron chi connectivity index (χ3n) is 4.35. The van der Waals surface area contributed by atoms with E-state index in [2.05, 4.69) is 40.6 Å². The third-order valence-corrected chi connectivity index (χ3v) is 4.35. The van der Waals surface area contributed by atoms with E-state index in [-0.39, 0.29) is 18.4 Å². The maximum atomic E-state index is 12.2. The lowest BCUT2D eigenvalue weighted by molar-refractivity contribution is -0.121. The predicted molar refractivity (Wildman–Crippen MR) is 106 cm³/mol. The van der Waals surface area contributed by atoms with E-state index < -0.39 is 0 Å². The number of aryl methyl sites for hydroxylation is 2. The number of H-pyrrole nitrogens is 1. The first kappa shape index (κ1) is 18.7.